The van der Waals surface area contributed by atoms with Crippen molar-refractivity contribution in [2.75, 3.05) is 0 Å². The molecule has 0 bridgehead atoms. The van der Waals surface area contributed by atoms with Gasteiger partial charge in [0.15, 0.2) is 0 Å². The van der Waals surface area contributed by atoms with E-state index in [-0.39, 0.29) is 36.5 Å². The first-order valence-electron chi connectivity index (χ1n) is 18.7. The van der Waals surface area contributed by atoms with Crippen LogP contribution < -0.4 is 0 Å². The third kappa shape index (κ3) is 14.7. The first-order chi connectivity index (χ1) is 21.8. The van der Waals surface area contributed by atoms with Crippen molar-refractivity contribution in [1.82, 2.24) is 0 Å². The minimum absolute atomic E-state index is 0.00839. The quantitative estimate of drug-likeness (QED) is 0.0634. The van der Waals surface area contributed by atoms with Gasteiger partial charge < -0.3 is 34.6 Å². The second-order valence-electron chi connectivity index (χ2n) is 14.2. The van der Waals surface area contributed by atoms with E-state index in [1.807, 2.05) is 6.92 Å². The predicted octanol–water partition coefficient (Wildman–Crippen LogP) is 6.83. The Labute approximate surface area is 273 Å². The number of esters is 1. The molecule has 4 N–H and O–H groups in total. The lowest BCUT2D eigenvalue weighted by molar-refractivity contribution is -0.139. The summed E-state index contributed by atoms with van der Waals surface area (Å²) >= 11 is 0. The molecule has 0 aromatic carbocycles. The summed E-state index contributed by atoms with van der Waals surface area (Å²) in [4.78, 5) is 11.7. The second-order valence-corrected chi connectivity index (χ2v) is 14.2. The maximum atomic E-state index is 11.7. The molecule has 2 fully saturated rings. The average Bonchev–Trinajstić information content (AvgIpc) is 3.77. The normalized spacial score (nSPS) is 27.8. The van der Waals surface area contributed by atoms with E-state index < -0.39 is 24.4 Å². The summed E-state index contributed by atoms with van der Waals surface area (Å²) in [5.74, 6) is -0.323. The Bertz CT molecular complexity index is 833. The fourth-order valence-corrected chi connectivity index (χ4v) is 7.29. The topological polar surface area (TPSA) is 126 Å². The summed E-state index contributed by atoms with van der Waals surface area (Å²) in [5, 5.41) is 42.2. The van der Waals surface area contributed by atoms with Crippen molar-refractivity contribution in [2.45, 2.75) is 216 Å². The van der Waals surface area contributed by atoms with E-state index in [0.717, 1.165) is 57.8 Å². The molecule has 0 radical (unpaired) electrons. The molecule has 3 aliphatic rings. The molecule has 0 amide bonds. The van der Waals surface area contributed by atoms with Crippen LogP contribution in [0.15, 0.2) is 11.6 Å². The third-order valence-corrected chi connectivity index (χ3v) is 10.1. The molecule has 0 saturated carbocycles. The van der Waals surface area contributed by atoms with Crippen molar-refractivity contribution in [2.24, 2.45) is 0 Å². The Morgan fingerprint density at radius 1 is 0.644 bits per heavy atom. The number of rotatable bonds is 25. The number of ether oxygens (including phenoxy) is 3. The van der Waals surface area contributed by atoms with Crippen LogP contribution in [-0.4, -0.2) is 81.3 Å². The lowest BCUT2D eigenvalue weighted by Crippen LogP contribution is -2.33. The molecule has 8 nitrogen and oxygen atoms in total. The van der Waals surface area contributed by atoms with Gasteiger partial charge in [0.1, 0.15) is 6.10 Å². The SMILES string of the molecule is CCCCCCCCCCCC[C@@H](O)[C@H]1CC[C@@H]([C@@H]2CC[C@@H]([C@@H](O)CCC(O)CCCCCC(O)CC3=CC(C)OC3=O)O2)O1. The van der Waals surface area contributed by atoms with Crippen LogP contribution in [0.4, 0.5) is 0 Å². The lowest BCUT2D eigenvalue weighted by atomic mass is 9.98. The highest BCUT2D eigenvalue weighted by atomic mass is 16.6. The van der Waals surface area contributed by atoms with Gasteiger partial charge in [0.25, 0.3) is 0 Å². The number of unbranched alkanes of at least 4 members (excludes halogenated alkanes) is 11. The minimum Gasteiger partial charge on any atom is -0.455 e. The van der Waals surface area contributed by atoms with Crippen LogP contribution >= 0.6 is 0 Å². The fraction of sp³-hybridized carbons (Fsp3) is 0.919. The summed E-state index contributed by atoms with van der Waals surface area (Å²) < 4.78 is 17.6. The van der Waals surface area contributed by atoms with Crippen LogP contribution in [0.3, 0.4) is 0 Å². The highest BCUT2D eigenvalue weighted by Gasteiger charge is 2.40. The van der Waals surface area contributed by atoms with Crippen LogP contribution in [0, 0.1) is 0 Å². The fourth-order valence-electron chi connectivity index (χ4n) is 7.29. The van der Waals surface area contributed by atoms with Gasteiger partial charge in [-0.15, -0.1) is 0 Å². The zero-order valence-electron chi connectivity index (χ0n) is 28.5. The Hall–Kier alpha value is -1.03. The van der Waals surface area contributed by atoms with E-state index in [1.54, 1.807) is 6.08 Å². The number of hydrogen-bond donors (Lipinski definition) is 4. The Kier molecular flexibility index (Phi) is 18.6. The van der Waals surface area contributed by atoms with E-state index in [9.17, 15) is 25.2 Å². The largest absolute Gasteiger partial charge is 0.455 e. The van der Waals surface area contributed by atoms with Crippen molar-refractivity contribution < 1.29 is 39.4 Å². The Balaban J connectivity index is 1.18. The lowest BCUT2D eigenvalue weighted by Gasteiger charge is -2.24. The van der Waals surface area contributed by atoms with Gasteiger partial charge in [-0.25, -0.2) is 4.79 Å². The van der Waals surface area contributed by atoms with Gasteiger partial charge in [-0.1, -0.05) is 90.4 Å². The Morgan fingerprint density at radius 2 is 1.13 bits per heavy atom. The first kappa shape index (κ1) is 38.4. The van der Waals surface area contributed by atoms with E-state index in [2.05, 4.69) is 6.92 Å². The zero-order chi connectivity index (χ0) is 32.4. The molecule has 8 heteroatoms. The summed E-state index contributed by atoms with van der Waals surface area (Å²) in [6, 6.07) is 0. The number of hydrogen-bond acceptors (Lipinski definition) is 8. The van der Waals surface area contributed by atoms with Crippen LogP contribution in [0.1, 0.15) is 162 Å². The van der Waals surface area contributed by atoms with Gasteiger partial charge in [-0.05, 0) is 70.8 Å². The van der Waals surface area contributed by atoms with Crippen molar-refractivity contribution in [1.29, 1.82) is 0 Å². The number of carbonyl (C=O) groups is 1. The van der Waals surface area contributed by atoms with Gasteiger partial charge in [0, 0.05) is 12.0 Å². The molecule has 3 unspecified atom stereocenters. The highest BCUT2D eigenvalue weighted by molar-refractivity contribution is 5.90. The molecule has 9 atom stereocenters. The summed E-state index contributed by atoms with van der Waals surface area (Å²) in [5.41, 5.74) is 0.565. The van der Waals surface area contributed by atoms with Crippen molar-refractivity contribution >= 4 is 5.97 Å². The number of aliphatic hydroxyl groups is 4. The maximum absolute atomic E-state index is 11.7. The average molecular weight is 639 g/mol. The standard InChI is InChI=1S/C37H66O8/c1-3-4-5-6-7-8-9-10-11-15-18-31(40)33-21-23-35(44-33)36-24-22-34(45-36)32(41)20-19-29(38)16-13-12-14-17-30(39)26-28-25-27(2)43-37(28)42/h25,27,29-36,38-41H,3-24,26H2,1-2H3/t27?,29?,30?,31-,32+,33-,34+,35+,36+/m1/s1. The molecule has 0 spiro atoms. The maximum Gasteiger partial charge on any atom is 0.334 e. The van der Waals surface area contributed by atoms with Crippen LogP contribution in [0.5, 0.6) is 0 Å². The number of aliphatic hydroxyl groups excluding tert-OH is 4. The van der Waals surface area contributed by atoms with E-state index in [0.29, 0.717) is 37.7 Å². The zero-order valence-corrected chi connectivity index (χ0v) is 28.5. The van der Waals surface area contributed by atoms with E-state index in [1.165, 1.54) is 57.8 Å². The molecular weight excluding hydrogens is 572 g/mol. The van der Waals surface area contributed by atoms with Gasteiger partial charge >= 0.3 is 5.97 Å². The van der Waals surface area contributed by atoms with Gasteiger partial charge in [-0.3, -0.25) is 0 Å². The van der Waals surface area contributed by atoms with Crippen LogP contribution in [0.25, 0.3) is 0 Å². The molecule has 0 aromatic rings. The predicted molar refractivity (Wildman–Crippen MR) is 177 cm³/mol. The molecular formula is C37H66O8. The molecule has 45 heavy (non-hydrogen) atoms. The molecule has 2 saturated heterocycles. The van der Waals surface area contributed by atoms with Crippen molar-refractivity contribution in [3.63, 3.8) is 0 Å². The van der Waals surface area contributed by atoms with Crippen molar-refractivity contribution in [3.8, 4) is 0 Å². The molecule has 0 aromatic heterocycles. The van der Waals surface area contributed by atoms with Gasteiger partial charge in [0.05, 0.1) is 48.8 Å². The van der Waals surface area contributed by atoms with Gasteiger partial charge in [-0.2, -0.15) is 0 Å². The third-order valence-electron chi connectivity index (χ3n) is 10.1. The first-order valence-corrected chi connectivity index (χ1v) is 18.7. The monoisotopic (exact) mass is 638 g/mol. The van der Waals surface area contributed by atoms with E-state index in [4.69, 9.17) is 14.2 Å². The minimum atomic E-state index is -0.599. The van der Waals surface area contributed by atoms with Crippen LogP contribution in [0.2, 0.25) is 0 Å². The van der Waals surface area contributed by atoms with Crippen molar-refractivity contribution in [3.05, 3.63) is 11.6 Å². The molecule has 3 rings (SSSR count). The van der Waals surface area contributed by atoms with E-state index >= 15 is 0 Å². The Morgan fingerprint density at radius 3 is 1.69 bits per heavy atom. The smallest absolute Gasteiger partial charge is 0.334 e. The van der Waals surface area contributed by atoms with Crippen LogP contribution in [-0.2, 0) is 19.0 Å². The second kappa shape index (κ2) is 21.8. The van der Waals surface area contributed by atoms with Gasteiger partial charge in [0.2, 0.25) is 0 Å². The number of cyclic esters (lactones) is 1. The highest BCUT2D eigenvalue weighted by Crippen LogP contribution is 2.34. The summed E-state index contributed by atoms with van der Waals surface area (Å²) in [6.07, 6.45) is 21.6. The summed E-state index contributed by atoms with van der Waals surface area (Å²) in [6.45, 7) is 4.07. The molecule has 3 heterocycles. The number of carbonyl (C=O) groups excluding carboxylic acids is 1. The summed E-state index contributed by atoms with van der Waals surface area (Å²) in [7, 11) is 0. The molecule has 262 valence electrons. The molecule has 3 aliphatic heterocycles. The molecule has 0 aliphatic carbocycles.